The highest BCUT2D eigenvalue weighted by Gasteiger charge is 2.11. The third-order valence-electron chi connectivity index (χ3n) is 2.95. The van der Waals surface area contributed by atoms with Crippen LogP contribution in [0.2, 0.25) is 5.02 Å². The molecule has 1 unspecified atom stereocenters. The van der Waals surface area contributed by atoms with E-state index in [0.29, 0.717) is 17.0 Å². The van der Waals surface area contributed by atoms with Gasteiger partial charge in [-0.3, -0.25) is 0 Å². The number of hydrogen-bond donors (Lipinski definition) is 2. The van der Waals surface area contributed by atoms with Gasteiger partial charge in [-0.05, 0) is 44.1 Å². The number of phenols is 1. The van der Waals surface area contributed by atoms with Crippen LogP contribution in [-0.2, 0) is 6.54 Å². The summed E-state index contributed by atoms with van der Waals surface area (Å²) in [5.74, 6) is 0.804. The number of phenolic OH excluding ortho intramolecular Hbond substituents is 1. The van der Waals surface area contributed by atoms with Gasteiger partial charge in [0, 0.05) is 19.1 Å². The molecule has 0 radical (unpaired) electrons. The van der Waals surface area contributed by atoms with E-state index in [4.69, 9.17) is 11.6 Å². The molecule has 0 aliphatic rings. The van der Waals surface area contributed by atoms with E-state index in [1.807, 2.05) is 12.1 Å². The van der Waals surface area contributed by atoms with Crippen LogP contribution in [0.25, 0.3) is 0 Å². The molecule has 108 valence electrons. The number of aromatic hydroxyl groups is 1. The minimum Gasteiger partial charge on any atom is -0.506 e. The smallest absolute Gasteiger partial charge is 0.134 e. The molecule has 1 aromatic rings. The Labute approximate surface area is 121 Å². The molecule has 1 atom stereocenters. The fourth-order valence-electron chi connectivity index (χ4n) is 2.15. The number of halogens is 1. The summed E-state index contributed by atoms with van der Waals surface area (Å²) in [6.45, 7) is 6.26. The van der Waals surface area contributed by atoms with Crippen molar-refractivity contribution >= 4 is 11.6 Å². The molecule has 4 heteroatoms. The second-order valence-electron chi connectivity index (χ2n) is 5.76. The second kappa shape index (κ2) is 7.73. The van der Waals surface area contributed by atoms with Crippen molar-refractivity contribution in [1.82, 2.24) is 10.2 Å². The van der Waals surface area contributed by atoms with Gasteiger partial charge < -0.3 is 15.3 Å². The molecule has 0 bridgehead atoms. The predicted molar refractivity (Wildman–Crippen MR) is 81.8 cm³/mol. The van der Waals surface area contributed by atoms with Crippen molar-refractivity contribution in [1.29, 1.82) is 0 Å². The monoisotopic (exact) mass is 284 g/mol. The van der Waals surface area contributed by atoms with Crippen molar-refractivity contribution in [2.45, 2.75) is 32.9 Å². The van der Waals surface area contributed by atoms with Crippen LogP contribution in [0, 0.1) is 5.92 Å². The summed E-state index contributed by atoms with van der Waals surface area (Å²) in [5.41, 5.74) is 1.09. The Morgan fingerprint density at radius 3 is 2.53 bits per heavy atom. The number of rotatable bonds is 7. The number of hydrogen-bond acceptors (Lipinski definition) is 3. The van der Waals surface area contributed by atoms with Gasteiger partial charge in [0.15, 0.2) is 0 Å². The molecule has 0 saturated heterocycles. The zero-order valence-electron chi connectivity index (χ0n) is 12.3. The Morgan fingerprint density at radius 2 is 2.00 bits per heavy atom. The van der Waals surface area contributed by atoms with E-state index >= 15 is 0 Å². The van der Waals surface area contributed by atoms with E-state index in [1.165, 1.54) is 0 Å². The molecular formula is C15H25ClN2O. The van der Waals surface area contributed by atoms with Crippen LogP contribution in [0.1, 0.15) is 25.8 Å². The van der Waals surface area contributed by atoms with Gasteiger partial charge in [-0.15, -0.1) is 0 Å². The first-order chi connectivity index (χ1) is 8.88. The maximum absolute atomic E-state index is 9.40. The van der Waals surface area contributed by atoms with Gasteiger partial charge in [0.1, 0.15) is 5.75 Å². The van der Waals surface area contributed by atoms with E-state index in [9.17, 15) is 5.11 Å². The molecule has 0 spiro atoms. The van der Waals surface area contributed by atoms with Crippen molar-refractivity contribution in [2.24, 2.45) is 5.92 Å². The summed E-state index contributed by atoms with van der Waals surface area (Å²) in [4.78, 5) is 2.20. The standard InChI is InChI=1S/C15H25ClN2O/c1-11(2)7-13(10-18(3)4)17-9-12-5-6-15(19)14(16)8-12/h5-6,8,11,13,17,19H,7,9-10H2,1-4H3. The molecule has 0 fully saturated rings. The highest BCUT2D eigenvalue weighted by molar-refractivity contribution is 6.32. The Balaban J connectivity index is 2.56. The van der Waals surface area contributed by atoms with Gasteiger partial charge in [-0.2, -0.15) is 0 Å². The molecule has 19 heavy (non-hydrogen) atoms. The summed E-state index contributed by atoms with van der Waals surface area (Å²) in [6, 6.07) is 5.81. The van der Waals surface area contributed by atoms with Gasteiger partial charge in [0.05, 0.1) is 5.02 Å². The first-order valence-electron chi connectivity index (χ1n) is 6.74. The lowest BCUT2D eigenvalue weighted by Gasteiger charge is -2.24. The zero-order valence-corrected chi connectivity index (χ0v) is 13.0. The quantitative estimate of drug-likeness (QED) is 0.808. The molecule has 3 nitrogen and oxygen atoms in total. The third kappa shape index (κ3) is 6.28. The molecular weight excluding hydrogens is 260 g/mol. The largest absolute Gasteiger partial charge is 0.506 e. The number of benzene rings is 1. The van der Waals surface area contributed by atoms with Gasteiger partial charge >= 0.3 is 0 Å². The Morgan fingerprint density at radius 1 is 1.32 bits per heavy atom. The Kier molecular flexibility index (Phi) is 6.63. The van der Waals surface area contributed by atoms with Crippen molar-refractivity contribution in [3.8, 4) is 5.75 Å². The highest BCUT2D eigenvalue weighted by atomic mass is 35.5. The van der Waals surface area contributed by atoms with Crippen LogP contribution in [0.4, 0.5) is 0 Å². The minimum absolute atomic E-state index is 0.137. The lowest BCUT2D eigenvalue weighted by Crippen LogP contribution is -2.38. The molecule has 0 aliphatic heterocycles. The van der Waals surface area contributed by atoms with Crippen molar-refractivity contribution < 1.29 is 5.11 Å². The van der Waals surface area contributed by atoms with Crippen LogP contribution >= 0.6 is 11.6 Å². The van der Waals surface area contributed by atoms with Crippen molar-refractivity contribution in [2.75, 3.05) is 20.6 Å². The van der Waals surface area contributed by atoms with Crippen LogP contribution < -0.4 is 5.32 Å². The number of nitrogens with zero attached hydrogens (tertiary/aromatic N) is 1. The van der Waals surface area contributed by atoms with Gasteiger partial charge in [0.25, 0.3) is 0 Å². The predicted octanol–water partition coefficient (Wildman–Crippen LogP) is 3.11. The fourth-order valence-corrected chi connectivity index (χ4v) is 2.36. The normalized spacial score (nSPS) is 13.2. The summed E-state index contributed by atoms with van der Waals surface area (Å²) in [5, 5.41) is 13.4. The van der Waals surface area contributed by atoms with E-state index in [1.54, 1.807) is 6.07 Å². The van der Waals surface area contributed by atoms with Crippen LogP contribution in [0.3, 0.4) is 0 Å². The van der Waals surface area contributed by atoms with Crippen LogP contribution in [0.15, 0.2) is 18.2 Å². The van der Waals surface area contributed by atoms with Crippen LogP contribution in [0.5, 0.6) is 5.75 Å². The van der Waals surface area contributed by atoms with E-state index in [-0.39, 0.29) is 5.75 Å². The Bertz CT molecular complexity index is 384. The van der Waals surface area contributed by atoms with Crippen LogP contribution in [-0.4, -0.2) is 36.7 Å². The average molecular weight is 285 g/mol. The van der Waals surface area contributed by atoms with Gasteiger partial charge in [0.2, 0.25) is 0 Å². The summed E-state index contributed by atoms with van der Waals surface area (Å²) >= 11 is 5.91. The summed E-state index contributed by atoms with van der Waals surface area (Å²) in [7, 11) is 4.18. The highest BCUT2D eigenvalue weighted by Crippen LogP contribution is 2.23. The molecule has 0 aliphatic carbocycles. The lowest BCUT2D eigenvalue weighted by atomic mass is 10.0. The maximum Gasteiger partial charge on any atom is 0.134 e. The second-order valence-corrected chi connectivity index (χ2v) is 6.16. The Hall–Kier alpha value is -0.770. The van der Waals surface area contributed by atoms with E-state index in [2.05, 4.69) is 38.2 Å². The third-order valence-corrected chi connectivity index (χ3v) is 3.25. The first kappa shape index (κ1) is 16.3. The molecule has 2 N–H and O–H groups in total. The molecule has 0 saturated carbocycles. The summed E-state index contributed by atoms with van der Waals surface area (Å²) < 4.78 is 0. The number of likely N-dealkylation sites (N-methyl/N-ethyl adjacent to an activating group) is 1. The molecule has 0 heterocycles. The molecule has 1 rings (SSSR count). The van der Waals surface area contributed by atoms with Gasteiger partial charge in [-0.25, -0.2) is 0 Å². The minimum atomic E-state index is 0.137. The number of nitrogens with one attached hydrogen (secondary N) is 1. The van der Waals surface area contributed by atoms with Gasteiger partial charge in [-0.1, -0.05) is 31.5 Å². The van der Waals surface area contributed by atoms with Crippen molar-refractivity contribution in [3.63, 3.8) is 0 Å². The zero-order chi connectivity index (χ0) is 14.4. The molecule has 0 amide bonds. The first-order valence-corrected chi connectivity index (χ1v) is 7.11. The fraction of sp³-hybridized carbons (Fsp3) is 0.600. The summed E-state index contributed by atoms with van der Waals surface area (Å²) in [6.07, 6.45) is 1.14. The maximum atomic E-state index is 9.40. The van der Waals surface area contributed by atoms with E-state index < -0.39 is 0 Å². The average Bonchev–Trinajstić information content (AvgIpc) is 2.29. The van der Waals surface area contributed by atoms with E-state index in [0.717, 1.165) is 25.1 Å². The lowest BCUT2D eigenvalue weighted by molar-refractivity contribution is 0.305. The SMILES string of the molecule is CC(C)CC(CN(C)C)NCc1ccc(O)c(Cl)c1. The topological polar surface area (TPSA) is 35.5 Å². The molecule has 0 aromatic heterocycles. The molecule has 1 aromatic carbocycles. The van der Waals surface area contributed by atoms with Crippen molar-refractivity contribution in [3.05, 3.63) is 28.8 Å².